The van der Waals surface area contributed by atoms with Crippen LogP contribution >= 0.6 is 11.8 Å². The molecule has 2 aromatic heterocycles. The monoisotopic (exact) mass is 431 g/mol. The molecule has 0 saturated carbocycles. The lowest BCUT2D eigenvalue weighted by Crippen LogP contribution is -2.36. The minimum atomic E-state index is -0.798. The van der Waals surface area contributed by atoms with Gasteiger partial charge in [-0.05, 0) is 34.5 Å². The third-order valence-corrected chi connectivity index (χ3v) is 5.25. The van der Waals surface area contributed by atoms with Crippen LogP contribution in [0.4, 0.5) is 5.82 Å². The van der Waals surface area contributed by atoms with E-state index in [-0.39, 0.29) is 17.1 Å². The van der Waals surface area contributed by atoms with Crippen molar-refractivity contribution in [2.45, 2.75) is 31.6 Å². The summed E-state index contributed by atoms with van der Waals surface area (Å²) in [5, 5.41) is 11.9. The van der Waals surface area contributed by atoms with Crippen LogP contribution < -0.4 is 21.7 Å². The Morgan fingerprint density at radius 3 is 2.67 bits per heavy atom. The summed E-state index contributed by atoms with van der Waals surface area (Å²) < 4.78 is 7.87. The first-order chi connectivity index (χ1) is 14.4. The van der Waals surface area contributed by atoms with E-state index in [9.17, 15) is 14.4 Å². The third-order valence-electron chi connectivity index (χ3n) is 4.29. The number of aromatic amines is 1. The van der Waals surface area contributed by atoms with Crippen LogP contribution in [-0.2, 0) is 13.1 Å². The summed E-state index contributed by atoms with van der Waals surface area (Å²) in [5.74, 6) is -0.0138. The number of Topliss-reactive ketones (excluding diaryl/α,β-unsaturated/α-hetero) is 1. The van der Waals surface area contributed by atoms with E-state index in [1.165, 1.54) is 4.57 Å². The number of hydrogen-bond acceptors (Lipinski definition) is 9. The molecule has 2 heterocycles. The maximum atomic E-state index is 12.7. The average Bonchev–Trinajstić information content (AvgIpc) is 3.17. The van der Waals surface area contributed by atoms with Crippen molar-refractivity contribution in [2.75, 3.05) is 18.6 Å². The zero-order chi connectivity index (χ0) is 21.7. The Bertz CT molecular complexity index is 1150. The number of carbonyl (C=O) groups is 1. The number of methoxy groups -OCH3 is 1. The van der Waals surface area contributed by atoms with Gasteiger partial charge in [-0.25, -0.2) is 9.48 Å². The standard InChI is InChI=1S/C18H21N7O4S/c1-3-8-24-15(19)14(16(27)20-17(24)28)13(26)10-30-18-21-22-23-25(18)9-11-4-6-12(29-2)7-5-11/h4-7H,3,8-10,19H2,1-2H3,(H,20,27,28). The lowest BCUT2D eigenvalue weighted by Gasteiger charge is -2.11. The Morgan fingerprint density at radius 2 is 2.00 bits per heavy atom. The number of aromatic nitrogens is 6. The molecule has 12 heteroatoms. The van der Waals surface area contributed by atoms with Gasteiger partial charge in [0, 0.05) is 6.54 Å². The van der Waals surface area contributed by atoms with E-state index >= 15 is 0 Å². The number of hydrogen-bond donors (Lipinski definition) is 2. The number of tetrazole rings is 1. The SMILES string of the molecule is CCCn1c(N)c(C(=O)CSc2nnnn2Cc2ccc(OC)cc2)c(=O)[nH]c1=O. The Morgan fingerprint density at radius 1 is 1.27 bits per heavy atom. The number of nitrogen functional groups attached to an aromatic ring is 1. The summed E-state index contributed by atoms with van der Waals surface area (Å²) in [5.41, 5.74) is 5.22. The maximum absolute atomic E-state index is 12.7. The average molecular weight is 431 g/mol. The van der Waals surface area contributed by atoms with E-state index in [2.05, 4.69) is 20.5 Å². The Kier molecular flexibility index (Phi) is 6.67. The van der Waals surface area contributed by atoms with Crippen LogP contribution in [0.2, 0.25) is 0 Å². The molecule has 0 bridgehead atoms. The van der Waals surface area contributed by atoms with E-state index in [4.69, 9.17) is 10.5 Å². The van der Waals surface area contributed by atoms with Crippen LogP contribution in [0.5, 0.6) is 5.75 Å². The molecular formula is C18H21N7O4S. The highest BCUT2D eigenvalue weighted by Crippen LogP contribution is 2.19. The van der Waals surface area contributed by atoms with Crippen LogP contribution in [0, 0.1) is 0 Å². The second-order valence-corrected chi connectivity index (χ2v) is 7.29. The van der Waals surface area contributed by atoms with Crippen LogP contribution in [0.3, 0.4) is 0 Å². The van der Waals surface area contributed by atoms with Gasteiger partial charge < -0.3 is 10.5 Å². The molecule has 3 N–H and O–H groups in total. The van der Waals surface area contributed by atoms with E-state index in [0.29, 0.717) is 24.7 Å². The van der Waals surface area contributed by atoms with E-state index in [1.807, 2.05) is 31.2 Å². The van der Waals surface area contributed by atoms with Gasteiger partial charge in [-0.1, -0.05) is 30.8 Å². The van der Waals surface area contributed by atoms with Crippen LogP contribution in [0.15, 0.2) is 39.0 Å². The molecule has 0 aliphatic heterocycles. The van der Waals surface area contributed by atoms with Crippen molar-refractivity contribution in [1.82, 2.24) is 29.8 Å². The summed E-state index contributed by atoms with van der Waals surface area (Å²) in [4.78, 5) is 38.9. The first-order valence-corrected chi connectivity index (χ1v) is 10.1. The number of nitrogens with one attached hydrogen (secondary N) is 1. The Balaban J connectivity index is 1.75. The van der Waals surface area contributed by atoms with Crippen molar-refractivity contribution < 1.29 is 9.53 Å². The van der Waals surface area contributed by atoms with Gasteiger partial charge in [-0.15, -0.1) is 5.10 Å². The van der Waals surface area contributed by atoms with Crippen LogP contribution in [0.1, 0.15) is 29.3 Å². The van der Waals surface area contributed by atoms with Gasteiger partial charge >= 0.3 is 5.69 Å². The number of nitrogens with zero attached hydrogens (tertiary/aromatic N) is 5. The van der Waals surface area contributed by atoms with Crippen molar-refractivity contribution >= 4 is 23.4 Å². The number of carbonyl (C=O) groups excluding carboxylic acids is 1. The van der Waals surface area contributed by atoms with Crippen LogP contribution in [0.25, 0.3) is 0 Å². The quantitative estimate of drug-likeness (QED) is 0.365. The Labute approximate surface area is 175 Å². The second kappa shape index (κ2) is 9.39. The molecule has 30 heavy (non-hydrogen) atoms. The molecule has 3 aromatic rings. The maximum Gasteiger partial charge on any atom is 0.329 e. The van der Waals surface area contributed by atoms with Gasteiger partial charge in [0.05, 0.1) is 19.4 Å². The fourth-order valence-electron chi connectivity index (χ4n) is 2.81. The van der Waals surface area contributed by atoms with Gasteiger partial charge in [0.15, 0.2) is 5.78 Å². The molecule has 11 nitrogen and oxygen atoms in total. The summed E-state index contributed by atoms with van der Waals surface area (Å²) in [6, 6.07) is 7.43. The normalized spacial score (nSPS) is 10.9. The molecule has 0 unspecified atom stereocenters. The predicted octanol–water partition coefficient (Wildman–Crippen LogP) is 0.547. The molecule has 1 aromatic carbocycles. The Hall–Kier alpha value is -3.41. The molecule has 0 amide bonds. The molecule has 0 atom stereocenters. The van der Waals surface area contributed by atoms with Gasteiger partial charge in [-0.3, -0.25) is 19.1 Å². The van der Waals surface area contributed by atoms with Gasteiger partial charge in [0.2, 0.25) is 5.16 Å². The third kappa shape index (κ3) is 4.59. The number of ether oxygens (including phenoxy) is 1. The minimum absolute atomic E-state index is 0.111. The smallest absolute Gasteiger partial charge is 0.329 e. The number of thioether (sulfide) groups is 1. The van der Waals surface area contributed by atoms with Crippen LogP contribution in [-0.4, -0.2) is 48.4 Å². The number of H-pyrrole nitrogens is 1. The highest BCUT2D eigenvalue weighted by Gasteiger charge is 2.20. The molecule has 3 rings (SSSR count). The first kappa shape index (κ1) is 21.3. The zero-order valence-electron chi connectivity index (χ0n) is 16.5. The van der Waals surface area contributed by atoms with Gasteiger partial charge in [0.1, 0.15) is 17.1 Å². The molecule has 0 radical (unpaired) electrons. The number of ketones is 1. The van der Waals surface area contributed by atoms with Crippen molar-refractivity contribution in [3.63, 3.8) is 0 Å². The molecule has 0 spiro atoms. The highest BCUT2D eigenvalue weighted by atomic mass is 32.2. The predicted molar refractivity (Wildman–Crippen MR) is 111 cm³/mol. The lowest BCUT2D eigenvalue weighted by molar-refractivity contribution is 0.102. The molecule has 0 fully saturated rings. The fraction of sp³-hybridized carbons (Fsp3) is 0.333. The summed E-state index contributed by atoms with van der Waals surface area (Å²) in [6.45, 7) is 2.56. The topological polar surface area (TPSA) is 151 Å². The summed E-state index contributed by atoms with van der Waals surface area (Å²) in [6.07, 6.45) is 0.624. The lowest BCUT2D eigenvalue weighted by atomic mass is 10.2. The molecular weight excluding hydrogens is 410 g/mol. The number of rotatable bonds is 9. The zero-order valence-corrected chi connectivity index (χ0v) is 17.3. The largest absolute Gasteiger partial charge is 0.497 e. The number of benzene rings is 1. The molecule has 0 aliphatic carbocycles. The number of anilines is 1. The van der Waals surface area contributed by atoms with Crippen molar-refractivity contribution in [3.8, 4) is 5.75 Å². The van der Waals surface area contributed by atoms with Crippen molar-refractivity contribution in [1.29, 1.82) is 0 Å². The fourth-order valence-corrected chi connectivity index (χ4v) is 3.56. The first-order valence-electron chi connectivity index (χ1n) is 9.12. The second-order valence-electron chi connectivity index (χ2n) is 6.35. The highest BCUT2D eigenvalue weighted by molar-refractivity contribution is 7.99. The number of nitrogens with two attached hydrogens (primary N) is 1. The molecule has 0 aliphatic rings. The summed E-state index contributed by atoms with van der Waals surface area (Å²) >= 11 is 1.08. The van der Waals surface area contributed by atoms with E-state index < -0.39 is 17.0 Å². The summed E-state index contributed by atoms with van der Waals surface area (Å²) in [7, 11) is 1.59. The van der Waals surface area contributed by atoms with Crippen molar-refractivity contribution in [2.24, 2.45) is 0 Å². The molecule has 158 valence electrons. The molecule has 0 saturated heterocycles. The van der Waals surface area contributed by atoms with E-state index in [0.717, 1.165) is 23.1 Å². The van der Waals surface area contributed by atoms with Gasteiger partial charge in [-0.2, -0.15) is 0 Å². The van der Waals surface area contributed by atoms with Crippen molar-refractivity contribution in [3.05, 3.63) is 56.2 Å². The minimum Gasteiger partial charge on any atom is -0.497 e. The van der Waals surface area contributed by atoms with Gasteiger partial charge in [0.25, 0.3) is 5.56 Å². The van der Waals surface area contributed by atoms with E-state index in [1.54, 1.807) is 11.8 Å².